The molecular weight excluding hydrogens is 388 g/mol. The molecule has 1 saturated heterocycles. The zero-order valence-electron chi connectivity index (χ0n) is 17.1. The Balaban J connectivity index is 2.02. The molecule has 29 heavy (non-hydrogen) atoms. The fourth-order valence-electron chi connectivity index (χ4n) is 3.32. The number of amides is 1. The number of likely N-dealkylation sites (N-methyl/N-ethyl adjacent to an activating group) is 1. The number of ether oxygens (including phenoxy) is 1. The van der Waals surface area contributed by atoms with Gasteiger partial charge in [-0.05, 0) is 49.6 Å². The summed E-state index contributed by atoms with van der Waals surface area (Å²) in [4.78, 5) is 29.2. The zero-order valence-corrected chi connectivity index (χ0v) is 18.0. The van der Waals surface area contributed by atoms with E-state index in [1.807, 2.05) is 45.5 Å². The fourth-order valence-corrected chi connectivity index (χ4v) is 4.16. The van der Waals surface area contributed by atoms with Crippen LogP contribution in [0.1, 0.15) is 30.3 Å². The largest absolute Gasteiger partial charge is 0.507 e. The predicted molar refractivity (Wildman–Crippen MR) is 113 cm³/mol. The number of carbonyl (C=O) groups is 2. The van der Waals surface area contributed by atoms with Crippen molar-refractivity contribution in [2.45, 2.75) is 26.0 Å². The third-order valence-corrected chi connectivity index (χ3v) is 5.63. The summed E-state index contributed by atoms with van der Waals surface area (Å²) in [6.07, 6.45) is 0.0393. The number of hydrogen-bond acceptors (Lipinski definition) is 5. The van der Waals surface area contributed by atoms with Gasteiger partial charge >= 0.3 is 0 Å². The maximum atomic E-state index is 12.9. The van der Waals surface area contributed by atoms with Crippen molar-refractivity contribution in [2.24, 2.45) is 0 Å². The van der Waals surface area contributed by atoms with Crippen molar-refractivity contribution in [2.75, 3.05) is 27.2 Å². The Kier molecular flexibility index (Phi) is 6.39. The van der Waals surface area contributed by atoms with Crippen molar-refractivity contribution < 1.29 is 24.3 Å². The Morgan fingerprint density at radius 1 is 1.21 bits per heavy atom. The van der Waals surface area contributed by atoms with Crippen LogP contribution < -0.4 is 9.64 Å². The van der Waals surface area contributed by atoms with Crippen LogP contribution in [0.25, 0.3) is 5.76 Å². The van der Waals surface area contributed by atoms with Crippen molar-refractivity contribution >= 4 is 28.8 Å². The van der Waals surface area contributed by atoms with Gasteiger partial charge in [0, 0.05) is 10.4 Å². The number of Topliss-reactive ketones (excluding diaryl/α,β-unsaturated/α-hetero) is 1. The van der Waals surface area contributed by atoms with Crippen LogP contribution in [0.4, 0.5) is 0 Å². The quantitative estimate of drug-likeness (QED) is 0.413. The molecular formula is C22H27N2O4S+. The maximum Gasteiger partial charge on any atom is 0.295 e. The molecule has 2 N–H and O–H groups in total. The molecule has 2 aromatic rings. The van der Waals surface area contributed by atoms with Gasteiger partial charge in [-0.2, -0.15) is 0 Å². The van der Waals surface area contributed by atoms with Gasteiger partial charge in [-0.3, -0.25) is 9.59 Å². The molecule has 1 amide bonds. The molecule has 1 aromatic heterocycles. The first kappa shape index (κ1) is 21.1. The van der Waals surface area contributed by atoms with Crippen LogP contribution in [0.5, 0.6) is 5.75 Å². The number of thiophene rings is 1. The van der Waals surface area contributed by atoms with Crippen LogP contribution in [0.2, 0.25) is 0 Å². The summed E-state index contributed by atoms with van der Waals surface area (Å²) < 4.78 is 5.64. The number of rotatable bonds is 7. The average molecular weight is 416 g/mol. The normalized spacial score (nSPS) is 18.8. The van der Waals surface area contributed by atoms with Crippen molar-refractivity contribution in [3.63, 3.8) is 0 Å². The first-order valence-electron chi connectivity index (χ1n) is 9.67. The summed E-state index contributed by atoms with van der Waals surface area (Å²) >= 11 is 1.47. The highest BCUT2D eigenvalue weighted by Gasteiger charge is 2.46. The number of nitrogens with one attached hydrogen (secondary N) is 1. The molecule has 2 heterocycles. The van der Waals surface area contributed by atoms with Crippen molar-refractivity contribution in [3.05, 3.63) is 57.8 Å². The Bertz CT molecular complexity index is 901. The molecule has 0 aliphatic carbocycles. The van der Waals surface area contributed by atoms with E-state index in [2.05, 4.69) is 0 Å². The van der Waals surface area contributed by atoms with Gasteiger partial charge in [0.15, 0.2) is 0 Å². The summed E-state index contributed by atoms with van der Waals surface area (Å²) in [5.41, 5.74) is 0.627. The lowest BCUT2D eigenvalue weighted by atomic mass is 10.00. The van der Waals surface area contributed by atoms with E-state index >= 15 is 0 Å². The highest BCUT2D eigenvalue weighted by Crippen LogP contribution is 2.40. The molecule has 1 atom stereocenters. The van der Waals surface area contributed by atoms with Crippen LogP contribution in [-0.2, 0) is 9.59 Å². The number of quaternary nitrogens is 1. The molecule has 0 spiro atoms. The smallest absolute Gasteiger partial charge is 0.295 e. The molecule has 0 saturated carbocycles. The fraction of sp³-hybridized carbons (Fsp3) is 0.364. The third-order valence-electron chi connectivity index (χ3n) is 4.70. The molecule has 6 nitrogen and oxygen atoms in total. The van der Waals surface area contributed by atoms with Gasteiger partial charge in [0.1, 0.15) is 11.5 Å². The number of carbonyl (C=O) groups excluding carboxylic acids is 2. The van der Waals surface area contributed by atoms with Crippen molar-refractivity contribution in [1.29, 1.82) is 0 Å². The van der Waals surface area contributed by atoms with E-state index in [1.165, 1.54) is 16.2 Å². The van der Waals surface area contributed by atoms with Crippen molar-refractivity contribution in [3.8, 4) is 5.75 Å². The zero-order chi connectivity index (χ0) is 21.1. The molecule has 1 aliphatic rings. The molecule has 7 heteroatoms. The minimum absolute atomic E-state index is 0.0393. The van der Waals surface area contributed by atoms with E-state index < -0.39 is 17.7 Å². The monoisotopic (exact) mass is 415 g/mol. The highest BCUT2D eigenvalue weighted by molar-refractivity contribution is 7.10. The molecule has 1 aliphatic heterocycles. The summed E-state index contributed by atoms with van der Waals surface area (Å²) in [5, 5.41) is 12.9. The molecule has 1 fully saturated rings. The molecule has 3 rings (SSSR count). The lowest BCUT2D eigenvalue weighted by Gasteiger charge is -2.24. The number of ketones is 1. The van der Waals surface area contributed by atoms with Crippen LogP contribution in [0, 0.1) is 0 Å². The van der Waals surface area contributed by atoms with E-state index in [0.29, 0.717) is 24.4 Å². The Morgan fingerprint density at radius 2 is 1.90 bits per heavy atom. The molecule has 0 unspecified atom stereocenters. The minimum atomic E-state index is -0.642. The highest BCUT2D eigenvalue weighted by atomic mass is 32.1. The molecule has 0 radical (unpaired) electrons. The Morgan fingerprint density at radius 3 is 2.45 bits per heavy atom. The van der Waals surface area contributed by atoms with Gasteiger partial charge in [-0.1, -0.05) is 6.07 Å². The first-order valence-corrected chi connectivity index (χ1v) is 10.6. The third kappa shape index (κ3) is 4.52. The van der Waals surface area contributed by atoms with Crippen LogP contribution in [-0.4, -0.2) is 55.0 Å². The average Bonchev–Trinajstić information content (AvgIpc) is 3.27. The van der Waals surface area contributed by atoms with Gasteiger partial charge in [-0.15, -0.1) is 11.3 Å². The SMILES string of the molecule is CC(C)Oc1ccc(C(O)=C2C(=O)C(=O)N(CC[NH+](C)C)[C@H]2c2cccs2)cc1. The number of likely N-dealkylation sites (tertiary alicyclic amines) is 1. The number of aliphatic hydroxyl groups is 1. The molecule has 154 valence electrons. The second-order valence-electron chi connectivity index (χ2n) is 7.66. The van der Waals surface area contributed by atoms with Crippen LogP contribution in [0.15, 0.2) is 47.4 Å². The van der Waals surface area contributed by atoms with Gasteiger partial charge < -0.3 is 19.6 Å². The lowest BCUT2D eigenvalue weighted by Crippen LogP contribution is -3.06. The molecule has 0 bridgehead atoms. The summed E-state index contributed by atoms with van der Waals surface area (Å²) in [5.74, 6) is -0.679. The van der Waals surface area contributed by atoms with Crippen LogP contribution >= 0.6 is 11.3 Å². The van der Waals surface area contributed by atoms with Gasteiger partial charge in [0.2, 0.25) is 0 Å². The number of benzene rings is 1. The summed E-state index contributed by atoms with van der Waals surface area (Å²) in [7, 11) is 4.00. The number of nitrogens with zero attached hydrogens (tertiary/aromatic N) is 1. The summed E-state index contributed by atoms with van der Waals surface area (Å²) in [6, 6.07) is 10.1. The van der Waals surface area contributed by atoms with Crippen LogP contribution in [0.3, 0.4) is 0 Å². The predicted octanol–water partition coefficient (Wildman–Crippen LogP) is 2.10. The number of hydrogen-bond donors (Lipinski definition) is 2. The minimum Gasteiger partial charge on any atom is -0.507 e. The van der Waals surface area contributed by atoms with E-state index in [4.69, 9.17) is 4.74 Å². The van der Waals surface area contributed by atoms with Gasteiger partial charge in [-0.25, -0.2) is 0 Å². The lowest BCUT2D eigenvalue weighted by molar-refractivity contribution is -0.857. The van der Waals surface area contributed by atoms with Gasteiger partial charge in [0.05, 0.1) is 44.9 Å². The van der Waals surface area contributed by atoms with E-state index in [-0.39, 0.29) is 17.4 Å². The standard InChI is InChI=1S/C22H26N2O4S/c1-14(2)28-16-9-7-15(8-10-16)20(25)18-19(17-6-5-13-29-17)24(12-11-23(3)4)22(27)21(18)26/h5-10,13-14,19,25H,11-12H2,1-4H3/p+1/t19-/m0/s1. The topological polar surface area (TPSA) is 71.3 Å². The first-order chi connectivity index (χ1) is 13.8. The number of aliphatic hydroxyl groups excluding tert-OH is 1. The van der Waals surface area contributed by atoms with Gasteiger partial charge in [0.25, 0.3) is 11.7 Å². The Labute approximate surface area is 175 Å². The summed E-state index contributed by atoms with van der Waals surface area (Å²) in [6.45, 7) is 5.02. The second-order valence-corrected chi connectivity index (χ2v) is 8.64. The van der Waals surface area contributed by atoms with Crippen molar-refractivity contribution in [1.82, 2.24) is 4.90 Å². The molecule has 1 aromatic carbocycles. The van der Waals surface area contributed by atoms with E-state index in [1.54, 1.807) is 29.2 Å². The maximum absolute atomic E-state index is 12.9. The van der Waals surface area contributed by atoms with E-state index in [9.17, 15) is 14.7 Å². The van der Waals surface area contributed by atoms with E-state index in [0.717, 1.165) is 4.88 Å². The Hall–Kier alpha value is -2.64. The second kappa shape index (κ2) is 8.80.